The number of amides is 2. The highest BCUT2D eigenvalue weighted by molar-refractivity contribution is 5.84. The van der Waals surface area contributed by atoms with Crippen molar-refractivity contribution in [1.82, 2.24) is 9.80 Å². The van der Waals surface area contributed by atoms with E-state index in [1.165, 1.54) is 6.92 Å². The molecule has 0 heterocycles. The molecule has 0 aromatic heterocycles. The van der Waals surface area contributed by atoms with E-state index in [-0.39, 0.29) is 30.4 Å². The monoisotopic (exact) mass is 304 g/mol. The molecule has 4 nitrogen and oxygen atoms in total. The zero-order valence-corrected chi connectivity index (χ0v) is 14.4. The predicted octanol–water partition coefficient (Wildman–Crippen LogP) is 3.07. The van der Waals surface area contributed by atoms with Crippen molar-refractivity contribution >= 4 is 11.8 Å². The highest BCUT2D eigenvalue weighted by Crippen LogP contribution is 2.11. The van der Waals surface area contributed by atoms with Crippen molar-refractivity contribution in [3.63, 3.8) is 0 Å². The number of benzene rings is 1. The van der Waals surface area contributed by atoms with E-state index in [1.54, 1.807) is 4.90 Å². The zero-order valence-electron chi connectivity index (χ0n) is 14.4. The number of rotatable bonds is 7. The lowest BCUT2D eigenvalue weighted by molar-refractivity contribution is -0.142. The molecule has 1 rings (SSSR count). The standard InChI is InChI=1S/C18H28N2O2/c1-6-15(4)20(16(5)21)13-18(22)19(14(2)3)12-17-10-8-7-9-11-17/h7-11,14-15H,6,12-13H2,1-5H3. The molecule has 0 saturated carbocycles. The Hall–Kier alpha value is -1.84. The van der Waals surface area contributed by atoms with Gasteiger partial charge in [0.25, 0.3) is 0 Å². The molecular formula is C18H28N2O2. The van der Waals surface area contributed by atoms with Crippen LogP contribution in [-0.2, 0) is 16.1 Å². The van der Waals surface area contributed by atoms with E-state index in [2.05, 4.69) is 0 Å². The Morgan fingerprint density at radius 3 is 2.09 bits per heavy atom. The Bertz CT molecular complexity index is 485. The van der Waals surface area contributed by atoms with Gasteiger partial charge >= 0.3 is 0 Å². The Balaban J connectivity index is 2.82. The SMILES string of the molecule is CCC(C)N(CC(=O)N(Cc1ccccc1)C(C)C)C(C)=O. The maximum absolute atomic E-state index is 12.7. The molecule has 0 aliphatic rings. The lowest BCUT2D eigenvalue weighted by atomic mass is 10.1. The third-order valence-corrected chi connectivity index (χ3v) is 3.97. The number of hydrogen-bond donors (Lipinski definition) is 0. The minimum atomic E-state index is -0.0499. The Morgan fingerprint density at radius 2 is 1.64 bits per heavy atom. The summed E-state index contributed by atoms with van der Waals surface area (Å²) in [6, 6.07) is 10.1. The smallest absolute Gasteiger partial charge is 0.242 e. The van der Waals surface area contributed by atoms with Gasteiger partial charge in [-0.25, -0.2) is 0 Å². The first-order valence-electron chi connectivity index (χ1n) is 7.97. The van der Waals surface area contributed by atoms with Gasteiger partial charge in [0.1, 0.15) is 0 Å². The molecule has 0 N–H and O–H groups in total. The summed E-state index contributed by atoms with van der Waals surface area (Å²) in [6.07, 6.45) is 0.840. The quantitative estimate of drug-likeness (QED) is 0.777. The molecule has 1 unspecified atom stereocenters. The highest BCUT2D eigenvalue weighted by Gasteiger charge is 2.23. The second kappa shape index (κ2) is 8.57. The highest BCUT2D eigenvalue weighted by atomic mass is 16.2. The third-order valence-electron chi connectivity index (χ3n) is 3.97. The minimum absolute atomic E-state index is 0.00523. The molecule has 0 aliphatic heterocycles. The molecule has 0 fully saturated rings. The average Bonchev–Trinajstić information content (AvgIpc) is 2.49. The minimum Gasteiger partial charge on any atom is -0.334 e. The summed E-state index contributed by atoms with van der Waals surface area (Å²) in [4.78, 5) is 27.9. The molecule has 22 heavy (non-hydrogen) atoms. The summed E-state index contributed by atoms with van der Waals surface area (Å²) >= 11 is 0. The van der Waals surface area contributed by atoms with E-state index in [0.717, 1.165) is 12.0 Å². The molecule has 0 radical (unpaired) electrons. The summed E-state index contributed by atoms with van der Waals surface area (Å²) in [6.45, 7) is 10.3. The van der Waals surface area contributed by atoms with E-state index in [0.29, 0.717) is 6.54 Å². The van der Waals surface area contributed by atoms with Crippen LogP contribution >= 0.6 is 0 Å². The second-order valence-electron chi connectivity index (χ2n) is 6.01. The molecule has 0 bridgehead atoms. The topological polar surface area (TPSA) is 40.6 Å². The van der Waals surface area contributed by atoms with Crippen LogP contribution in [0, 0.1) is 0 Å². The first-order valence-corrected chi connectivity index (χ1v) is 7.97. The first-order chi connectivity index (χ1) is 10.4. The van der Waals surface area contributed by atoms with E-state index < -0.39 is 0 Å². The van der Waals surface area contributed by atoms with Gasteiger partial charge in [-0.05, 0) is 32.8 Å². The average molecular weight is 304 g/mol. The van der Waals surface area contributed by atoms with Crippen molar-refractivity contribution in [3.8, 4) is 0 Å². The molecule has 0 saturated heterocycles. The van der Waals surface area contributed by atoms with Crippen LogP contribution in [0.25, 0.3) is 0 Å². The second-order valence-corrected chi connectivity index (χ2v) is 6.01. The summed E-state index contributed by atoms with van der Waals surface area (Å²) in [5, 5.41) is 0. The van der Waals surface area contributed by atoms with Gasteiger partial charge in [0.05, 0.1) is 6.54 Å². The van der Waals surface area contributed by atoms with E-state index in [9.17, 15) is 9.59 Å². The third kappa shape index (κ3) is 5.17. The Morgan fingerprint density at radius 1 is 1.05 bits per heavy atom. The van der Waals surface area contributed by atoms with E-state index >= 15 is 0 Å². The molecule has 4 heteroatoms. The number of hydrogen-bond acceptors (Lipinski definition) is 2. The van der Waals surface area contributed by atoms with E-state index in [1.807, 2.05) is 62.9 Å². The zero-order chi connectivity index (χ0) is 16.7. The van der Waals surface area contributed by atoms with Crippen LogP contribution in [0.4, 0.5) is 0 Å². The number of carbonyl (C=O) groups is 2. The number of carbonyl (C=O) groups excluding carboxylic acids is 2. The fourth-order valence-corrected chi connectivity index (χ4v) is 2.37. The van der Waals surface area contributed by atoms with Gasteiger partial charge in [-0.3, -0.25) is 9.59 Å². The van der Waals surface area contributed by atoms with Gasteiger partial charge in [0, 0.05) is 25.6 Å². The molecule has 1 aromatic rings. The van der Waals surface area contributed by atoms with Gasteiger partial charge < -0.3 is 9.80 Å². The Labute approximate surface area is 134 Å². The van der Waals surface area contributed by atoms with Crippen molar-refractivity contribution < 1.29 is 9.59 Å². The number of nitrogens with zero attached hydrogens (tertiary/aromatic N) is 2. The summed E-state index contributed by atoms with van der Waals surface area (Å²) in [5.41, 5.74) is 1.10. The van der Waals surface area contributed by atoms with Crippen LogP contribution in [0.1, 0.15) is 46.6 Å². The summed E-state index contributed by atoms with van der Waals surface area (Å²) in [7, 11) is 0. The maximum Gasteiger partial charge on any atom is 0.242 e. The van der Waals surface area contributed by atoms with Crippen LogP contribution in [-0.4, -0.2) is 40.2 Å². The van der Waals surface area contributed by atoms with Crippen molar-refractivity contribution in [2.75, 3.05) is 6.54 Å². The molecule has 1 atom stereocenters. The lowest BCUT2D eigenvalue weighted by Gasteiger charge is -2.32. The normalized spacial score (nSPS) is 12.1. The maximum atomic E-state index is 12.7. The van der Waals surface area contributed by atoms with Gasteiger partial charge in [0.2, 0.25) is 11.8 Å². The predicted molar refractivity (Wildman–Crippen MR) is 89.3 cm³/mol. The molecule has 2 amide bonds. The summed E-state index contributed by atoms with van der Waals surface area (Å²) in [5.74, 6) is -0.0551. The fraction of sp³-hybridized carbons (Fsp3) is 0.556. The largest absolute Gasteiger partial charge is 0.334 e. The lowest BCUT2D eigenvalue weighted by Crippen LogP contribution is -2.47. The van der Waals surface area contributed by atoms with Crippen LogP contribution in [0.5, 0.6) is 0 Å². The molecule has 122 valence electrons. The van der Waals surface area contributed by atoms with Crippen molar-refractivity contribution in [2.24, 2.45) is 0 Å². The molecule has 0 spiro atoms. The van der Waals surface area contributed by atoms with Crippen molar-refractivity contribution in [1.29, 1.82) is 0 Å². The Kier molecular flexibility index (Phi) is 7.09. The van der Waals surface area contributed by atoms with Gasteiger partial charge in [-0.15, -0.1) is 0 Å². The fourth-order valence-electron chi connectivity index (χ4n) is 2.37. The van der Waals surface area contributed by atoms with Gasteiger partial charge in [-0.1, -0.05) is 37.3 Å². The van der Waals surface area contributed by atoms with Crippen LogP contribution in [0.15, 0.2) is 30.3 Å². The van der Waals surface area contributed by atoms with Crippen LogP contribution in [0.2, 0.25) is 0 Å². The van der Waals surface area contributed by atoms with Crippen LogP contribution < -0.4 is 0 Å². The van der Waals surface area contributed by atoms with Gasteiger partial charge in [-0.2, -0.15) is 0 Å². The molecule has 1 aromatic carbocycles. The van der Waals surface area contributed by atoms with Crippen LogP contribution in [0.3, 0.4) is 0 Å². The first kappa shape index (κ1) is 18.2. The van der Waals surface area contributed by atoms with E-state index in [4.69, 9.17) is 0 Å². The summed E-state index contributed by atoms with van der Waals surface area (Å²) < 4.78 is 0. The van der Waals surface area contributed by atoms with Gasteiger partial charge in [0.15, 0.2) is 0 Å². The van der Waals surface area contributed by atoms with Crippen molar-refractivity contribution in [2.45, 2.75) is 59.7 Å². The van der Waals surface area contributed by atoms with Crippen molar-refractivity contribution in [3.05, 3.63) is 35.9 Å². The molecular weight excluding hydrogens is 276 g/mol. The molecule has 0 aliphatic carbocycles.